The van der Waals surface area contributed by atoms with E-state index in [9.17, 15) is 0 Å². The Labute approximate surface area is 85.7 Å². The van der Waals surface area contributed by atoms with Gasteiger partial charge >= 0.3 is 0 Å². The third kappa shape index (κ3) is 1.50. The second-order valence-corrected chi connectivity index (χ2v) is 3.39. The van der Waals surface area contributed by atoms with Gasteiger partial charge < -0.3 is 4.74 Å². The summed E-state index contributed by atoms with van der Waals surface area (Å²) in [6, 6.07) is 1.85. The number of methoxy groups -OCH3 is 1. The first-order chi connectivity index (χ1) is 6.85. The molecule has 0 aliphatic carbocycles. The number of thioether (sulfide) groups is 1. The fourth-order valence-electron chi connectivity index (χ4n) is 1.17. The third-order valence-corrected chi connectivity index (χ3v) is 2.37. The number of aromatic nitrogens is 3. The minimum Gasteiger partial charge on any atom is -0.480 e. The number of hydrogen-bond donors (Lipinski definition) is 0. The number of ether oxygens (including phenoxy) is 1. The molecule has 0 saturated heterocycles. The fourth-order valence-corrected chi connectivity index (χ4v) is 1.54. The number of fused-ring (bicyclic) bond motifs is 1. The zero-order chi connectivity index (χ0) is 9.97. The van der Waals surface area contributed by atoms with E-state index in [2.05, 4.69) is 15.0 Å². The van der Waals surface area contributed by atoms with Crippen molar-refractivity contribution in [1.82, 2.24) is 15.0 Å². The number of rotatable bonds is 2. The van der Waals surface area contributed by atoms with Crippen LogP contribution in [0.15, 0.2) is 23.6 Å². The molecule has 2 heterocycles. The summed E-state index contributed by atoms with van der Waals surface area (Å²) >= 11 is 1.49. The van der Waals surface area contributed by atoms with Crippen molar-refractivity contribution in [3.8, 4) is 5.88 Å². The molecule has 0 aromatic carbocycles. The van der Waals surface area contributed by atoms with Crippen LogP contribution in [-0.4, -0.2) is 28.3 Å². The van der Waals surface area contributed by atoms with Gasteiger partial charge in [-0.1, -0.05) is 11.8 Å². The topological polar surface area (TPSA) is 47.9 Å². The van der Waals surface area contributed by atoms with E-state index < -0.39 is 0 Å². The highest BCUT2D eigenvalue weighted by atomic mass is 32.2. The third-order valence-electron chi connectivity index (χ3n) is 1.82. The van der Waals surface area contributed by atoms with Crippen molar-refractivity contribution in [2.45, 2.75) is 5.16 Å². The van der Waals surface area contributed by atoms with Gasteiger partial charge in [0.25, 0.3) is 0 Å². The lowest BCUT2D eigenvalue weighted by atomic mass is 10.3. The molecular weight excluding hydrogens is 198 g/mol. The lowest BCUT2D eigenvalue weighted by Gasteiger charge is -2.04. The molecule has 0 aliphatic rings. The van der Waals surface area contributed by atoms with Gasteiger partial charge in [0.05, 0.1) is 18.0 Å². The molecule has 0 amide bonds. The molecule has 72 valence electrons. The molecule has 0 saturated carbocycles. The molecule has 0 atom stereocenters. The smallest absolute Gasteiger partial charge is 0.226 e. The first kappa shape index (κ1) is 9.21. The lowest BCUT2D eigenvalue weighted by Crippen LogP contribution is -1.94. The van der Waals surface area contributed by atoms with E-state index >= 15 is 0 Å². The van der Waals surface area contributed by atoms with Crippen molar-refractivity contribution in [3.05, 3.63) is 18.5 Å². The van der Waals surface area contributed by atoms with Crippen molar-refractivity contribution < 1.29 is 4.74 Å². The second-order valence-electron chi connectivity index (χ2n) is 2.61. The van der Waals surface area contributed by atoms with Gasteiger partial charge in [0, 0.05) is 12.4 Å². The number of pyridine rings is 1. The number of hydrogen-bond acceptors (Lipinski definition) is 5. The van der Waals surface area contributed by atoms with Crippen LogP contribution in [0.3, 0.4) is 0 Å². The summed E-state index contributed by atoms with van der Waals surface area (Å²) in [6.45, 7) is 0. The van der Waals surface area contributed by atoms with Crippen molar-refractivity contribution in [2.24, 2.45) is 0 Å². The first-order valence-electron chi connectivity index (χ1n) is 4.05. The maximum atomic E-state index is 5.17. The molecule has 4 nitrogen and oxygen atoms in total. The van der Waals surface area contributed by atoms with Crippen LogP contribution < -0.4 is 4.74 Å². The average Bonchev–Trinajstić information content (AvgIpc) is 2.27. The molecule has 2 aromatic rings. The highest BCUT2D eigenvalue weighted by Crippen LogP contribution is 2.23. The summed E-state index contributed by atoms with van der Waals surface area (Å²) in [6.07, 6.45) is 5.35. The SMILES string of the molecule is COc1nc(SC)nc2ccncc12. The number of nitrogens with zero attached hydrogens (tertiary/aromatic N) is 3. The van der Waals surface area contributed by atoms with Crippen LogP contribution in [0.25, 0.3) is 10.9 Å². The summed E-state index contributed by atoms with van der Waals surface area (Å²) in [5.41, 5.74) is 0.858. The molecule has 0 radical (unpaired) electrons. The van der Waals surface area contributed by atoms with E-state index in [1.165, 1.54) is 11.8 Å². The van der Waals surface area contributed by atoms with Gasteiger partial charge in [0.2, 0.25) is 5.88 Å². The van der Waals surface area contributed by atoms with Gasteiger partial charge in [-0.2, -0.15) is 4.98 Å². The van der Waals surface area contributed by atoms with Crippen LogP contribution in [0.1, 0.15) is 0 Å². The van der Waals surface area contributed by atoms with Gasteiger partial charge in [-0.25, -0.2) is 4.98 Å². The Morgan fingerprint density at radius 1 is 1.36 bits per heavy atom. The average molecular weight is 207 g/mol. The lowest BCUT2D eigenvalue weighted by molar-refractivity contribution is 0.398. The summed E-state index contributed by atoms with van der Waals surface area (Å²) in [4.78, 5) is 12.6. The summed E-state index contributed by atoms with van der Waals surface area (Å²) < 4.78 is 5.17. The molecule has 14 heavy (non-hydrogen) atoms. The molecule has 0 bridgehead atoms. The summed E-state index contributed by atoms with van der Waals surface area (Å²) in [5.74, 6) is 0.576. The van der Waals surface area contributed by atoms with Gasteiger partial charge in [0.1, 0.15) is 0 Å². The highest BCUT2D eigenvalue weighted by Gasteiger charge is 2.06. The first-order valence-corrected chi connectivity index (χ1v) is 5.27. The Morgan fingerprint density at radius 2 is 2.21 bits per heavy atom. The largest absolute Gasteiger partial charge is 0.480 e. The molecule has 5 heteroatoms. The van der Waals surface area contributed by atoms with Gasteiger partial charge in [-0.15, -0.1) is 0 Å². The Morgan fingerprint density at radius 3 is 2.93 bits per heavy atom. The zero-order valence-electron chi connectivity index (χ0n) is 7.89. The van der Waals surface area contributed by atoms with Crippen molar-refractivity contribution in [1.29, 1.82) is 0 Å². The van der Waals surface area contributed by atoms with Crippen LogP contribution in [0.4, 0.5) is 0 Å². The van der Waals surface area contributed by atoms with E-state index in [0.717, 1.165) is 10.9 Å². The highest BCUT2D eigenvalue weighted by molar-refractivity contribution is 7.98. The Hall–Kier alpha value is -1.36. The van der Waals surface area contributed by atoms with Gasteiger partial charge in [-0.05, 0) is 12.3 Å². The molecule has 0 fully saturated rings. The zero-order valence-corrected chi connectivity index (χ0v) is 8.71. The van der Waals surface area contributed by atoms with E-state index in [4.69, 9.17) is 4.74 Å². The molecule has 2 rings (SSSR count). The monoisotopic (exact) mass is 207 g/mol. The summed E-state index contributed by atoms with van der Waals surface area (Å²) in [5, 5.41) is 1.55. The van der Waals surface area contributed by atoms with Crippen molar-refractivity contribution in [3.63, 3.8) is 0 Å². The molecular formula is C9H9N3OS. The Bertz CT molecular complexity index is 461. The van der Waals surface area contributed by atoms with E-state index in [1.807, 2.05) is 12.3 Å². The van der Waals surface area contributed by atoms with Crippen molar-refractivity contribution >= 4 is 22.7 Å². The van der Waals surface area contributed by atoms with E-state index in [0.29, 0.717) is 11.0 Å². The predicted molar refractivity (Wildman–Crippen MR) is 55.7 cm³/mol. The van der Waals surface area contributed by atoms with Crippen molar-refractivity contribution in [2.75, 3.05) is 13.4 Å². The maximum absolute atomic E-state index is 5.17. The molecule has 2 aromatic heterocycles. The Balaban J connectivity index is 2.73. The van der Waals surface area contributed by atoms with Crippen LogP contribution in [-0.2, 0) is 0 Å². The van der Waals surface area contributed by atoms with Crippen LogP contribution in [0.5, 0.6) is 5.88 Å². The molecule has 0 unspecified atom stereocenters. The minimum atomic E-state index is 0.576. The quantitative estimate of drug-likeness (QED) is 0.554. The van der Waals surface area contributed by atoms with Crippen LogP contribution in [0, 0.1) is 0 Å². The predicted octanol–water partition coefficient (Wildman–Crippen LogP) is 1.76. The van der Waals surface area contributed by atoms with Crippen LogP contribution >= 0.6 is 11.8 Å². The fraction of sp³-hybridized carbons (Fsp3) is 0.222. The summed E-state index contributed by atoms with van der Waals surface area (Å²) in [7, 11) is 1.60. The second kappa shape index (κ2) is 3.79. The van der Waals surface area contributed by atoms with E-state index in [1.54, 1.807) is 19.5 Å². The van der Waals surface area contributed by atoms with Gasteiger partial charge in [-0.3, -0.25) is 4.98 Å². The molecule has 0 aliphatic heterocycles. The van der Waals surface area contributed by atoms with Crippen LogP contribution in [0.2, 0.25) is 0 Å². The minimum absolute atomic E-state index is 0.576. The molecule has 0 spiro atoms. The Kier molecular flexibility index (Phi) is 2.49. The normalized spacial score (nSPS) is 10.4. The van der Waals surface area contributed by atoms with E-state index in [-0.39, 0.29) is 0 Å². The standard InChI is InChI=1S/C9H9N3OS/c1-13-8-6-5-10-4-3-7(6)11-9(12-8)14-2/h3-5H,1-2H3. The van der Waals surface area contributed by atoms with Gasteiger partial charge in [0.15, 0.2) is 5.16 Å². The molecule has 0 N–H and O–H groups in total. The maximum Gasteiger partial charge on any atom is 0.226 e.